The number of halogens is 3. The van der Waals surface area contributed by atoms with E-state index in [9.17, 15) is 13.2 Å². The average Bonchev–Trinajstić information content (AvgIpc) is 2.72. The summed E-state index contributed by atoms with van der Waals surface area (Å²) in [7, 11) is 0. The van der Waals surface area contributed by atoms with Crippen LogP contribution in [0.1, 0.15) is 39.0 Å². The van der Waals surface area contributed by atoms with Gasteiger partial charge in [-0.3, -0.25) is 0 Å². The Morgan fingerprint density at radius 1 is 0.944 bits per heavy atom. The molecule has 102 valence electrons. The van der Waals surface area contributed by atoms with Crippen LogP contribution in [0.25, 0.3) is 10.9 Å². The molecule has 4 heteroatoms. The van der Waals surface area contributed by atoms with E-state index in [0.717, 1.165) is 23.2 Å². The van der Waals surface area contributed by atoms with Gasteiger partial charge >= 0.3 is 6.18 Å². The number of hydrogen-bond acceptors (Lipinski definition) is 0. The Bertz CT molecular complexity index is 469. The van der Waals surface area contributed by atoms with Gasteiger partial charge in [-0.2, -0.15) is 13.2 Å². The number of aryl methyl sites for hydroxylation is 1. The van der Waals surface area contributed by atoms with Crippen LogP contribution >= 0.6 is 0 Å². The number of aromatic amines is 1. The van der Waals surface area contributed by atoms with Crippen LogP contribution in [-0.4, -0.2) is 4.98 Å². The highest BCUT2D eigenvalue weighted by atomic mass is 19.4. The first-order chi connectivity index (χ1) is 8.47. The summed E-state index contributed by atoms with van der Waals surface area (Å²) in [6.07, 6.45) is -4.27. The van der Waals surface area contributed by atoms with Gasteiger partial charge < -0.3 is 4.98 Å². The number of alkyl halides is 3. The van der Waals surface area contributed by atoms with Gasteiger partial charge in [0.05, 0.1) is 5.56 Å². The van der Waals surface area contributed by atoms with E-state index in [1.807, 2.05) is 40.7 Å². The fourth-order valence-electron chi connectivity index (χ4n) is 1.45. The van der Waals surface area contributed by atoms with Crippen molar-refractivity contribution in [1.82, 2.24) is 4.98 Å². The van der Waals surface area contributed by atoms with Crippen LogP contribution in [0.3, 0.4) is 0 Å². The number of aromatic nitrogens is 1. The quantitative estimate of drug-likeness (QED) is 0.638. The molecule has 0 aliphatic carbocycles. The summed E-state index contributed by atoms with van der Waals surface area (Å²) >= 11 is 0. The van der Waals surface area contributed by atoms with Crippen molar-refractivity contribution in [3.05, 3.63) is 35.5 Å². The molecule has 0 unspecified atom stereocenters. The fourth-order valence-corrected chi connectivity index (χ4v) is 1.45. The van der Waals surface area contributed by atoms with E-state index >= 15 is 0 Å². The number of benzene rings is 1. The Balaban J connectivity index is 0.000000659. The maximum atomic E-state index is 12.3. The van der Waals surface area contributed by atoms with Gasteiger partial charge in [0, 0.05) is 11.2 Å². The van der Waals surface area contributed by atoms with Gasteiger partial charge in [0.2, 0.25) is 0 Å². The Hall–Kier alpha value is -1.45. The molecular formula is C14H20F3N. The normalized spacial score (nSPS) is 10.2. The van der Waals surface area contributed by atoms with Crippen LogP contribution in [0, 0.1) is 6.92 Å². The van der Waals surface area contributed by atoms with Crippen molar-refractivity contribution in [3.8, 4) is 0 Å². The second-order valence-electron chi connectivity index (χ2n) is 3.25. The molecule has 0 bridgehead atoms. The largest absolute Gasteiger partial charge is 0.416 e. The van der Waals surface area contributed by atoms with Gasteiger partial charge in [-0.05, 0) is 30.5 Å². The molecule has 1 N–H and O–H groups in total. The highest BCUT2D eigenvalue weighted by Gasteiger charge is 2.30. The summed E-state index contributed by atoms with van der Waals surface area (Å²) in [5, 5.41) is 0.801. The Labute approximate surface area is 106 Å². The highest BCUT2D eigenvalue weighted by molar-refractivity contribution is 5.81. The van der Waals surface area contributed by atoms with Crippen LogP contribution in [0.5, 0.6) is 0 Å². The summed E-state index contributed by atoms with van der Waals surface area (Å²) in [6, 6.07) is 5.51. The van der Waals surface area contributed by atoms with E-state index < -0.39 is 11.7 Å². The molecule has 0 spiro atoms. The van der Waals surface area contributed by atoms with Crippen molar-refractivity contribution in [2.45, 2.75) is 40.8 Å². The third-order valence-corrected chi connectivity index (χ3v) is 2.08. The smallest absolute Gasteiger partial charge is 0.359 e. The van der Waals surface area contributed by atoms with E-state index in [4.69, 9.17) is 0 Å². The summed E-state index contributed by atoms with van der Waals surface area (Å²) < 4.78 is 36.9. The third-order valence-electron chi connectivity index (χ3n) is 2.08. The monoisotopic (exact) mass is 259 g/mol. The second kappa shape index (κ2) is 7.09. The van der Waals surface area contributed by atoms with Crippen molar-refractivity contribution in [2.24, 2.45) is 0 Å². The number of nitrogens with one attached hydrogen (secondary N) is 1. The molecule has 0 amide bonds. The summed E-state index contributed by atoms with van der Waals surface area (Å²) in [4.78, 5) is 2.87. The van der Waals surface area contributed by atoms with Gasteiger partial charge in [-0.1, -0.05) is 33.8 Å². The fraction of sp³-hybridized carbons (Fsp3) is 0.429. The zero-order valence-electron chi connectivity index (χ0n) is 11.4. The lowest BCUT2D eigenvalue weighted by molar-refractivity contribution is -0.137. The first-order valence-electron chi connectivity index (χ1n) is 6.13. The summed E-state index contributed by atoms with van der Waals surface area (Å²) in [5.74, 6) is 0. The second-order valence-corrected chi connectivity index (χ2v) is 3.25. The third kappa shape index (κ3) is 4.09. The summed E-state index contributed by atoms with van der Waals surface area (Å²) in [6.45, 7) is 9.81. The zero-order chi connectivity index (χ0) is 14.3. The predicted molar refractivity (Wildman–Crippen MR) is 70.7 cm³/mol. The topological polar surface area (TPSA) is 15.8 Å². The molecule has 0 aliphatic rings. The predicted octanol–water partition coefficient (Wildman–Crippen LogP) is 5.55. The highest BCUT2D eigenvalue weighted by Crippen LogP contribution is 2.31. The summed E-state index contributed by atoms with van der Waals surface area (Å²) in [5.41, 5.74) is 0.767. The van der Waals surface area contributed by atoms with E-state index in [1.54, 1.807) is 0 Å². The Kier molecular flexibility index (Phi) is 6.52. The lowest BCUT2D eigenvalue weighted by Crippen LogP contribution is -2.03. The van der Waals surface area contributed by atoms with Crippen molar-refractivity contribution in [2.75, 3.05) is 0 Å². The first-order valence-corrected chi connectivity index (χ1v) is 6.13. The number of rotatable bonds is 0. The Morgan fingerprint density at radius 2 is 1.50 bits per heavy atom. The van der Waals surface area contributed by atoms with E-state index in [0.29, 0.717) is 5.52 Å². The van der Waals surface area contributed by atoms with Crippen molar-refractivity contribution >= 4 is 10.9 Å². The van der Waals surface area contributed by atoms with Crippen LogP contribution in [-0.2, 0) is 6.18 Å². The minimum atomic E-state index is -4.27. The lowest BCUT2D eigenvalue weighted by atomic mass is 10.1. The molecule has 1 aromatic carbocycles. The zero-order valence-corrected chi connectivity index (χ0v) is 11.4. The number of H-pyrrole nitrogens is 1. The van der Waals surface area contributed by atoms with Crippen LogP contribution in [0.2, 0.25) is 0 Å². The molecule has 0 atom stereocenters. The molecule has 18 heavy (non-hydrogen) atoms. The van der Waals surface area contributed by atoms with Crippen LogP contribution in [0.4, 0.5) is 13.2 Å². The molecule has 0 aliphatic heterocycles. The average molecular weight is 259 g/mol. The molecule has 1 heterocycles. The lowest BCUT2D eigenvalue weighted by Gasteiger charge is -2.05. The van der Waals surface area contributed by atoms with E-state index in [-0.39, 0.29) is 0 Å². The molecule has 1 aromatic heterocycles. The van der Waals surface area contributed by atoms with Crippen LogP contribution in [0.15, 0.2) is 24.3 Å². The van der Waals surface area contributed by atoms with Gasteiger partial charge in [0.1, 0.15) is 0 Å². The van der Waals surface area contributed by atoms with Crippen molar-refractivity contribution < 1.29 is 13.2 Å². The molecule has 0 saturated heterocycles. The van der Waals surface area contributed by atoms with E-state index in [1.165, 1.54) is 6.07 Å². The number of hydrogen-bond donors (Lipinski definition) is 1. The molecule has 2 aromatic rings. The van der Waals surface area contributed by atoms with Gasteiger partial charge in [-0.25, -0.2) is 0 Å². The maximum Gasteiger partial charge on any atom is 0.416 e. The van der Waals surface area contributed by atoms with E-state index in [2.05, 4.69) is 4.98 Å². The van der Waals surface area contributed by atoms with Gasteiger partial charge in [0.25, 0.3) is 0 Å². The minimum Gasteiger partial charge on any atom is -0.359 e. The SMILES string of the molecule is CC.CC.Cc1cc2ccc(C(F)(F)F)cc2[nH]1. The van der Waals surface area contributed by atoms with Crippen molar-refractivity contribution in [3.63, 3.8) is 0 Å². The van der Waals surface area contributed by atoms with Gasteiger partial charge in [0.15, 0.2) is 0 Å². The van der Waals surface area contributed by atoms with Crippen molar-refractivity contribution in [1.29, 1.82) is 0 Å². The molecule has 0 radical (unpaired) electrons. The minimum absolute atomic E-state index is 0.525. The van der Waals surface area contributed by atoms with Gasteiger partial charge in [-0.15, -0.1) is 0 Å². The first kappa shape index (κ1) is 16.6. The standard InChI is InChI=1S/C10H8F3N.2C2H6/c1-6-4-7-2-3-8(10(11,12)13)5-9(7)14-6;2*1-2/h2-5,14H,1H3;2*1-2H3. The molecule has 1 nitrogen and oxygen atoms in total. The Morgan fingerprint density at radius 3 is 2.00 bits per heavy atom. The van der Waals surface area contributed by atoms with Crippen LogP contribution < -0.4 is 0 Å². The molecule has 0 saturated carbocycles. The number of fused-ring (bicyclic) bond motifs is 1. The maximum absolute atomic E-state index is 12.3. The molecule has 2 rings (SSSR count). The molecular weight excluding hydrogens is 239 g/mol. The molecule has 0 fully saturated rings.